The molecule has 1 aromatic carbocycles. The van der Waals surface area contributed by atoms with E-state index in [1.807, 2.05) is 11.1 Å². The Kier molecular flexibility index (Phi) is 2.77. The number of nitrogens with one attached hydrogen (secondary N) is 1. The van der Waals surface area contributed by atoms with Crippen LogP contribution in [0.3, 0.4) is 0 Å². The Morgan fingerprint density at radius 2 is 2.05 bits per heavy atom. The minimum absolute atomic E-state index is 0.136. The number of ether oxygens (including phenoxy) is 1. The van der Waals surface area contributed by atoms with Gasteiger partial charge >= 0.3 is 0 Å². The molecule has 2 aliphatic heterocycles. The molecule has 1 N–H and O–H groups in total. The maximum absolute atomic E-state index is 11.9. The third-order valence-corrected chi connectivity index (χ3v) is 4.46. The third kappa shape index (κ3) is 2.10. The van der Waals surface area contributed by atoms with Gasteiger partial charge in [0.15, 0.2) is 6.10 Å². The quantitative estimate of drug-likeness (QED) is 0.851. The smallest absolute Gasteiger partial charge is 0.254 e. The zero-order chi connectivity index (χ0) is 13.5. The molecular formula is C16H18N2O2. The van der Waals surface area contributed by atoms with Crippen LogP contribution in [0.5, 0.6) is 0 Å². The number of carbonyl (C=O) groups is 1. The van der Waals surface area contributed by atoms with E-state index in [4.69, 9.17) is 4.74 Å². The Balaban J connectivity index is 1.46. The van der Waals surface area contributed by atoms with E-state index in [2.05, 4.69) is 29.2 Å². The highest BCUT2D eigenvalue weighted by atomic mass is 16.6. The highest BCUT2D eigenvalue weighted by molar-refractivity contribution is 5.83. The van der Waals surface area contributed by atoms with E-state index in [1.54, 1.807) is 0 Å². The van der Waals surface area contributed by atoms with Crippen LogP contribution in [0.25, 0.3) is 10.9 Å². The Labute approximate surface area is 117 Å². The van der Waals surface area contributed by atoms with Gasteiger partial charge in [0.2, 0.25) is 0 Å². The number of piperidine rings is 1. The highest BCUT2D eigenvalue weighted by Crippen LogP contribution is 2.30. The van der Waals surface area contributed by atoms with Gasteiger partial charge in [0.25, 0.3) is 5.91 Å². The lowest BCUT2D eigenvalue weighted by Crippen LogP contribution is -2.40. The molecule has 2 aromatic rings. The molecular weight excluding hydrogens is 252 g/mol. The Hall–Kier alpha value is -1.81. The van der Waals surface area contributed by atoms with Crippen molar-refractivity contribution in [3.63, 3.8) is 0 Å². The summed E-state index contributed by atoms with van der Waals surface area (Å²) >= 11 is 0. The number of likely N-dealkylation sites (tertiary alicyclic amines) is 1. The molecule has 0 spiro atoms. The van der Waals surface area contributed by atoms with Crippen LogP contribution in [0.15, 0.2) is 30.5 Å². The molecule has 20 heavy (non-hydrogen) atoms. The summed E-state index contributed by atoms with van der Waals surface area (Å²) in [4.78, 5) is 17.1. The number of fused-ring (bicyclic) bond motifs is 1. The third-order valence-electron chi connectivity index (χ3n) is 4.46. The lowest BCUT2D eigenvalue weighted by Gasteiger charge is -2.32. The van der Waals surface area contributed by atoms with Gasteiger partial charge in [0, 0.05) is 24.8 Å². The van der Waals surface area contributed by atoms with E-state index in [9.17, 15) is 4.79 Å². The van der Waals surface area contributed by atoms with Crippen molar-refractivity contribution >= 4 is 16.8 Å². The van der Waals surface area contributed by atoms with Gasteiger partial charge in [0.1, 0.15) is 0 Å². The molecule has 0 aliphatic carbocycles. The fourth-order valence-corrected chi connectivity index (χ4v) is 3.15. The second kappa shape index (κ2) is 4.63. The summed E-state index contributed by atoms with van der Waals surface area (Å²) in [6.45, 7) is 2.33. The number of hydrogen-bond acceptors (Lipinski definition) is 2. The lowest BCUT2D eigenvalue weighted by molar-refractivity contribution is -0.133. The van der Waals surface area contributed by atoms with Crippen LogP contribution in [0.2, 0.25) is 0 Å². The van der Waals surface area contributed by atoms with Crippen molar-refractivity contribution in [3.05, 3.63) is 36.0 Å². The van der Waals surface area contributed by atoms with Crippen molar-refractivity contribution in [1.82, 2.24) is 9.88 Å². The molecule has 2 fully saturated rings. The molecule has 4 nitrogen and oxygen atoms in total. The second-order valence-electron chi connectivity index (χ2n) is 5.75. The zero-order valence-electron chi connectivity index (χ0n) is 11.3. The Morgan fingerprint density at radius 1 is 1.25 bits per heavy atom. The summed E-state index contributed by atoms with van der Waals surface area (Å²) in [5.74, 6) is 0.753. The number of nitrogens with zero attached hydrogens (tertiary/aromatic N) is 1. The number of hydrogen-bond donors (Lipinski definition) is 1. The number of H-pyrrole nitrogens is 1. The Morgan fingerprint density at radius 3 is 2.80 bits per heavy atom. The van der Waals surface area contributed by atoms with E-state index >= 15 is 0 Å². The molecule has 4 heteroatoms. The van der Waals surface area contributed by atoms with Gasteiger partial charge in [-0.25, -0.2) is 0 Å². The van der Waals surface area contributed by atoms with E-state index in [1.165, 1.54) is 16.5 Å². The van der Waals surface area contributed by atoms with Crippen LogP contribution < -0.4 is 0 Å². The molecule has 1 aromatic heterocycles. The van der Waals surface area contributed by atoms with Crippen molar-refractivity contribution in [3.8, 4) is 0 Å². The average molecular weight is 270 g/mol. The first kappa shape index (κ1) is 12.0. The SMILES string of the molecule is O=C(C1CO1)N1CCC(c2ccc3[nH]ccc3c2)CC1. The van der Waals surface area contributed by atoms with Gasteiger partial charge < -0.3 is 14.6 Å². The van der Waals surface area contributed by atoms with Gasteiger partial charge in [-0.05, 0) is 47.9 Å². The van der Waals surface area contributed by atoms with Gasteiger partial charge in [-0.15, -0.1) is 0 Å². The van der Waals surface area contributed by atoms with E-state index in [0.717, 1.165) is 25.9 Å². The molecule has 104 valence electrons. The Bertz CT molecular complexity index is 637. The number of aromatic amines is 1. The van der Waals surface area contributed by atoms with E-state index in [-0.39, 0.29) is 12.0 Å². The molecule has 1 atom stereocenters. The maximum Gasteiger partial charge on any atom is 0.254 e. The topological polar surface area (TPSA) is 48.6 Å². The van der Waals surface area contributed by atoms with Gasteiger partial charge in [-0.1, -0.05) is 6.07 Å². The number of benzene rings is 1. The number of aromatic nitrogens is 1. The summed E-state index contributed by atoms with van der Waals surface area (Å²) in [5.41, 5.74) is 2.58. The van der Waals surface area contributed by atoms with Gasteiger partial charge in [0.05, 0.1) is 6.61 Å². The summed E-state index contributed by atoms with van der Waals surface area (Å²) < 4.78 is 5.08. The highest BCUT2D eigenvalue weighted by Gasteiger charge is 2.36. The minimum Gasteiger partial charge on any atom is -0.363 e. The fraction of sp³-hybridized carbons (Fsp3) is 0.438. The van der Waals surface area contributed by atoms with Crippen molar-refractivity contribution in [1.29, 1.82) is 0 Å². The monoisotopic (exact) mass is 270 g/mol. The molecule has 4 rings (SSSR count). The predicted molar refractivity (Wildman–Crippen MR) is 76.6 cm³/mol. The predicted octanol–water partition coefficient (Wildman–Crippen LogP) is 2.27. The minimum atomic E-state index is -0.136. The summed E-state index contributed by atoms with van der Waals surface area (Å²) in [6, 6.07) is 8.76. The van der Waals surface area contributed by atoms with Crippen molar-refractivity contribution in [2.75, 3.05) is 19.7 Å². The van der Waals surface area contributed by atoms with E-state index in [0.29, 0.717) is 12.5 Å². The number of carbonyl (C=O) groups excluding carboxylic acids is 1. The molecule has 0 saturated carbocycles. The maximum atomic E-state index is 11.9. The first-order valence-corrected chi connectivity index (χ1v) is 7.29. The molecule has 1 amide bonds. The number of rotatable bonds is 2. The molecule has 2 saturated heterocycles. The zero-order valence-corrected chi connectivity index (χ0v) is 11.3. The fourth-order valence-electron chi connectivity index (χ4n) is 3.15. The lowest BCUT2D eigenvalue weighted by atomic mass is 9.89. The van der Waals surface area contributed by atoms with Crippen LogP contribution in [-0.4, -0.2) is 41.6 Å². The van der Waals surface area contributed by atoms with Crippen LogP contribution in [-0.2, 0) is 9.53 Å². The van der Waals surface area contributed by atoms with Crippen LogP contribution in [0.4, 0.5) is 0 Å². The average Bonchev–Trinajstić information content (AvgIpc) is 3.24. The molecule has 3 heterocycles. The van der Waals surface area contributed by atoms with Gasteiger partial charge in [-0.3, -0.25) is 4.79 Å². The second-order valence-corrected chi connectivity index (χ2v) is 5.75. The molecule has 1 unspecified atom stereocenters. The number of epoxide rings is 1. The summed E-state index contributed by atoms with van der Waals surface area (Å²) in [7, 11) is 0. The summed E-state index contributed by atoms with van der Waals surface area (Å²) in [6.07, 6.45) is 3.94. The molecule has 0 bridgehead atoms. The van der Waals surface area contributed by atoms with Crippen LogP contribution >= 0.6 is 0 Å². The first-order chi connectivity index (χ1) is 9.81. The molecule has 2 aliphatic rings. The normalized spacial score (nSPS) is 23.2. The standard InChI is InChI=1S/C16H18N2O2/c19-16(15-10-20-15)18-7-4-11(5-8-18)12-1-2-14-13(9-12)3-6-17-14/h1-3,6,9,11,15,17H,4-5,7-8,10H2. The summed E-state index contributed by atoms with van der Waals surface area (Å²) in [5, 5.41) is 1.27. The van der Waals surface area contributed by atoms with Crippen molar-refractivity contribution < 1.29 is 9.53 Å². The molecule has 0 radical (unpaired) electrons. The van der Waals surface area contributed by atoms with Crippen LogP contribution in [0.1, 0.15) is 24.3 Å². The first-order valence-electron chi connectivity index (χ1n) is 7.29. The van der Waals surface area contributed by atoms with E-state index < -0.39 is 0 Å². The van der Waals surface area contributed by atoms with Crippen molar-refractivity contribution in [2.24, 2.45) is 0 Å². The largest absolute Gasteiger partial charge is 0.363 e. The van der Waals surface area contributed by atoms with Crippen LogP contribution in [0, 0.1) is 0 Å². The van der Waals surface area contributed by atoms with Crippen molar-refractivity contribution in [2.45, 2.75) is 24.9 Å². The number of amides is 1. The van der Waals surface area contributed by atoms with Gasteiger partial charge in [-0.2, -0.15) is 0 Å².